The van der Waals surface area contributed by atoms with Crippen molar-refractivity contribution in [1.82, 2.24) is 9.88 Å². The minimum Gasteiger partial charge on any atom is -0.481 e. The van der Waals surface area contributed by atoms with Crippen molar-refractivity contribution in [3.8, 4) is 0 Å². The molecule has 5 nitrogen and oxygen atoms in total. The van der Waals surface area contributed by atoms with Crippen LogP contribution in [0.1, 0.15) is 55.9 Å². The third kappa shape index (κ3) is 3.70. The second kappa shape index (κ2) is 7.30. The smallest absolute Gasteiger partial charge is 0.306 e. The van der Waals surface area contributed by atoms with Crippen LogP contribution in [0.3, 0.4) is 0 Å². The summed E-state index contributed by atoms with van der Waals surface area (Å²) in [5.41, 5.74) is 1.79. The Hall–Kier alpha value is -2.30. The SMILES string of the molecule is CC(C)n1cc(C(=O)NCC2CCC(C(=O)O)CC2)c2ccccc21. The molecule has 0 atom stereocenters. The molecule has 1 aliphatic rings. The maximum absolute atomic E-state index is 12.7. The quantitative estimate of drug-likeness (QED) is 0.867. The van der Waals surface area contributed by atoms with E-state index in [0.717, 1.165) is 23.7 Å². The number of hydrogen-bond donors (Lipinski definition) is 2. The van der Waals surface area contributed by atoms with Crippen molar-refractivity contribution in [2.75, 3.05) is 6.54 Å². The maximum Gasteiger partial charge on any atom is 0.306 e. The predicted octanol–water partition coefficient (Wildman–Crippen LogP) is 3.84. The number of aliphatic carboxylic acids is 1. The summed E-state index contributed by atoms with van der Waals surface area (Å²) in [6.07, 6.45) is 5.09. The molecule has 0 saturated heterocycles. The zero-order valence-corrected chi connectivity index (χ0v) is 14.9. The number of carboxylic acid groups (broad SMARTS) is 1. The van der Waals surface area contributed by atoms with Gasteiger partial charge in [0.2, 0.25) is 0 Å². The molecular formula is C20H26N2O3. The minimum atomic E-state index is -0.691. The molecule has 2 N–H and O–H groups in total. The first kappa shape index (κ1) is 17.5. The lowest BCUT2D eigenvalue weighted by atomic mass is 9.82. The van der Waals surface area contributed by atoms with Gasteiger partial charge in [-0.1, -0.05) is 18.2 Å². The molecule has 1 amide bonds. The first-order valence-corrected chi connectivity index (χ1v) is 9.08. The molecule has 0 spiro atoms. The highest BCUT2D eigenvalue weighted by Gasteiger charge is 2.26. The highest BCUT2D eigenvalue weighted by Crippen LogP contribution is 2.29. The normalized spacial score (nSPS) is 20.8. The van der Waals surface area contributed by atoms with E-state index in [-0.39, 0.29) is 17.9 Å². The standard InChI is InChI=1S/C20H26N2O3/c1-13(2)22-12-17(16-5-3-4-6-18(16)22)19(23)21-11-14-7-9-15(10-8-14)20(24)25/h3-6,12-15H,7-11H2,1-2H3,(H,21,23)(H,24,25). The Kier molecular flexibility index (Phi) is 5.11. The predicted molar refractivity (Wildman–Crippen MR) is 97.7 cm³/mol. The van der Waals surface area contributed by atoms with Crippen LogP contribution in [0, 0.1) is 11.8 Å². The molecule has 5 heteroatoms. The van der Waals surface area contributed by atoms with Crippen molar-refractivity contribution in [2.45, 2.75) is 45.6 Å². The van der Waals surface area contributed by atoms with Gasteiger partial charge < -0.3 is 15.0 Å². The van der Waals surface area contributed by atoms with Crippen LogP contribution in [0.5, 0.6) is 0 Å². The van der Waals surface area contributed by atoms with Crippen LogP contribution in [0.4, 0.5) is 0 Å². The van der Waals surface area contributed by atoms with E-state index in [0.29, 0.717) is 30.9 Å². The van der Waals surface area contributed by atoms with Crippen LogP contribution in [-0.2, 0) is 4.79 Å². The zero-order chi connectivity index (χ0) is 18.0. The van der Waals surface area contributed by atoms with Gasteiger partial charge in [0.25, 0.3) is 5.91 Å². The number of aromatic nitrogens is 1. The van der Waals surface area contributed by atoms with Gasteiger partial charge in [-0.05, 0) is 51.5 Å². The third-order valence-corrected chi connectivity index (χ3v) is 5.29. The molecule has 1 aromatic carbocycles. The summed E-state index contributed by atoms with van der Waals surface area (Å²) in [5.74, 6) is -0.575. The monoisotopic (exact) mass is 342 g/mol. The lowest BCUT2D eigenvalue weighted by molar-refractivity contribution is -0.143. The highest BCUT2D eigenvalue weighted by molar-refractivity contribution is 6.07. The van der Waals surface area contributed by atoms with Crippen LogP contribution >= 0.6 is 0 Å². The molecule has 1 heterocycles. The van der Waals surface area contributed by atoms with Crippen LogP contribution < -0.4 is 5.32 Å². The second-order valence-electron chi connectivity index (χ2n) is 7.33. The molecule has 1 aliphatic carbocycles. The van der Waals surface area contributed by atoms with Crippen LogP contribution in [-0.4, -0.2) is 28.1 Å². The number of para-hydroxylation sites is 1. The Balaban J connectivity index is 1.66. The van der Waals surface area contributed by atoms with Crippen molar-refractivity contribution >= 4 is 22.8 Å². The summed E-state index contributed by atoms with van der Waals surface area (Å²) in [4.78, 5) is 23.7. The lowest BCUT2D eigenvalue weighted by Crippen LogP contribution is -2.32. The number of nitrogens with zero attached hydrogens (tertiary/aromatic N) is 1. The molecule has 134 valence electrons. The maximum atomic E-state index is 12.7. The van der Waals surface area contributed by atoms with E-state index in [2.05, 4.69) is 23.7 Å². The lowest BCUT2D eigenvalue weighted by Gasteiger charge is -2.26. The van der Waals surface area contributed by atoms with Crippen molar-refractivity contribution in [3.63, 3.8) is 0 Å². The van der Waals surface area contributed by atoms with Gasteiger partial charge in [-0.2, -0.15) is 0 Å². The summed E-state index contributed by atoms with van der Waals surface area (Å²) >= 11 is 0. The van der Waals surface area contributed by atoms with E-state index in [9.17, 15) is 9.59 Å². The number of carbonyl (C=O) groups is 2. The Labute approximate surface area is 148 Å². The summed E-state index contributed by atoms with van der Waals surface area (Å²) in [6.45, 7) is 4.83. The van der Waals surface area contributed by atoms with E-state index in [1.807, 2.05) is 30.5 Å². The average molecular weight is 342 g/mol. The van der Waals surface area contributed by atoms with Crippen molar-refractivity contribution < 1.29 is 14.7 Å². The fraction of sp³-hybridized carbons (Fsp3) is 0.500. The van der Waals surface area contributed by atoms with E-state index in [4.69, 9.17) is 5.11 Å². The highest BCUT2D eigenvalue weighted by atomic mass is 16.4. The molecule has 2 aromatic rings. The van der Waals surface area contributed by atoms with Crippen LogP contribution in [0.2, 0.25) is 0 Å². The van der Waals surface area contributed by atoms with Gasteiger partial charge >= 0.3 is 5.97 Å². The van der Waals surface area contributed by atoms with Crippen LogP contribution in [0.25, 0.3) is 10.9 Å². The van der Waals surface area contributed by atoms with Gasteiger partial charge in [0.05, 0.1) is 11.5 Å². The Morgan fingerprint density at radius 3 is 2.52 bits per heavy atom. The van der Waals surface area contributed by atoms with Gasteiger partial charge in [-0.25, -0.2) is 0 Å². The van der Waals surface area contributed by atoms with Gasteiger partial charge in [0, 0.05) is 29.7 Å². The van der Waals surface area contributed by atoms with E-state index in [1.165, 1.54) is 0 Å². The first-order chi connectivity index (χ1) is 12.0. The number of fused-ring (bicyclic) bond motifs is 1. The Bertz CT molecular complexity index is 770. The topological polar surface area (TPSA) is 71.3 Å². The molecule has 1 fully saturated rings. The fourth-order valence-corrected chi connectivity index (χ4v) is 3.76. The van der Waals surface area contributed by atoms with E-state index in [1.54, 1.807) is 0 Å². The Morgan fingerprint density at radius 1 is 1.20 bits per heavy atom. The number of carbonyl (C=O) groups excluding carboxylic acids is 1. The number of rotatable bonds is 5. The van der Waals surface area contributed by atoms with Gasteiger partial charge in [0.15, 0.2) is 0 Å². The number of carboxylic acids is 1. The summed E-state index contributed by atoms with van der Waals surface area (Å²) in [6, 6.07) is 8.26. The summed E-state index contributed by atoms with van der Waals surface area (Å²) < 4.78 is 2.13. The number of amides is 1. The second-order valence-corrected chi connectivity index (χ2v) is 7.33. The van der Waals surface area contributed by atoms with Crippen molar-refractivity contribution in [3.05, 3.63) is 36.0 Å². The first-order valence-electron chi connectivity index (χ1n) is 9.08. The van der Waals surface area contributed by atoms with Crippen LogP contribution in [0.15, 0.2) is 30.5 Å². The number of nitrogens with one attached hydrogen (secondary N) is 1. The number of hydrogen-bond acceptors (Lipinski definition) is 2. The molecule has 1 saturated carbocycles. The third-order valence-electron chi connectivity index (χ3n) is 5.29. The molecule has 25 heavy (non-hydrogen) atoms. The van der Waals surface area contributed by atoms with E-state index < -0.39 is 5.97 Å². The van der Waals surface area contributed by atoms with Crippen molar-refractivity contribution in [1.29, 1.82) is 0 Å². The molecule has 0 bridgehead atoms. The molecule has 0 unspecified atom stereocenters. The molecule has 0 aliphatic heterocycles. The fourth-order valence-electron chi connectivity index (χ4n) is 3.76. The van der Waals surface area contributed by atoms with Gasteiger partial charge in [-0.3, -0.25) is 9.59 Å². The summed E-state index contributed by atoms with van der Waals surface area (Å²) in [5, 5.41) is 13.1. The van der Waals surface area contributed by atoms with E-state index >= 15 is 0 Å². The Morgan fingerprint density at radius 2 is 1.88 bits per heavy atom. The van der Waals surface area contributed by atoms with Gasteiger partial charge in [-0.15, -0.1) is 0 Å². The zero-order valence-electron chi connectivity index (χ0n) is 14.9. The largest absolute Gasteiger partial charge is 0.481 e. The molecular weight excluding hydrogens is 316 g/mol. The molecule has 1 aromatic heterocycles. The summed E-state index contributed by atoms with van der Waals surface area (Å²) in [7, 11) is 0. The minimum absolute atomic E-state index is 0.0454. The average Bonchev–Trinajstić information content (AvgIpc) is 3.00. The van der Waals surface area contributed by atoms with Gasteiger partial charge in [0.1, 0.15) is 0 Å². The molecule has 0 radical (unpaired) electrons. The molecule has 3 rings (SSSR count). The van der Waals surface area contributed by atoms with Crippen molar-refractivity contribution in [2.24, 2.45) is 11.8 Å². The number of benzene rings is 1.